The van der Waals surface area contributed by atoms with E-state index in [0.717, 1.165) is 38.7 Å². The molecule has 1 N–H and O–H groups in total. The van der Waals surface area contributed by atoms with Crippen LogP contribution in [0.5, 0.6) is 0 Å². The Morgan fingerprint density at radius 2 is 1.88 bits per heavy atom. The van der Waals surface area contributed by atoms with Gasteiger partial charge >= 0.3 is 12.0 Å². The van der Waals surface area contributed by atoms with E-state index in [1.54, 1.807) is 4.90 Å². The van der Waals surface area contributed by atoms with Crippen molar-refractivity contribution in [2.75, 3.05) is 53.6 Å². The van der Waals surface area contributed by atoms with Crippen molar-refractivity contribution in [3.05, 3.63) is 35.9 Å². The van der Waals surface area contributed by atoms with E-state index in [0.29, 0.717) is 38.2 Å². The fourth-order valence-electron chi connectivity index (χ4n) is 6.15. The molecule has 5 rings (SSSR count). The average Bonchev–Trinajstić information content (AvgIpc) is 3.06. The Hall–Kier alpha value is -2.16. The monoisotopic (exact) mass is 471 g/mol. The molecule has 4 fully saturated rings. The topological polar surface area (TPSA) is 80.3 Å². The number of urea groups is 1. The number of amides is 2. The van der Waals surface area contributed by atoms with Crippen molar-refractivity contribution in [3.63, 3.8) is 0 Å². The molecule has 1 aromatic carbocycles. The maximum absolute atomic E-state index is 12.7. The summed E-state index contributed by atoms with van der Waals surface area (Å²) in [4.78, 5) is 28.8. The van der Waals surface area contributed by atoms with Gasteiger partial charge in [-0.05, 0) is 57.2 Å². The molecule has 2 unspecified atom stereocenters. The van der Waals surface area contributed by atoms with Gasteiger partial charge in [-0.15, -0.1) is 0 Å². The third kappa shape index (κ3) is 4.68. The van der Waals surface area contributed by atoms with Gasteiger partial charge in [-0.3, -0.25) is 9.69 Å². The number of hydrogen-bond donors (Lipinski definition) is 1. The van der Waals surface area contributed by atoms with Crippen LogP contribution >= 0.6 is 0 Å². The summed E-state index contributed by atoms with van der Waals surface area (Å²) >= 11 is 0. The number of carbonyl (C=O) groups excluding carboxylic acids is 2. The first-order chi connectivity index (χ1) is 16.4. The first-order valence-electron chi connectivity index (χ1n) is 12.5. The number of nitrogens with zero attached hydrogens (tertiary/aromatic N) is 2. The van der Waals surface area contributed by atoms with Crippen LogP contribution in [0.4, 0.5) is 4.79 Å². The van der Waals surface area contributed by atoms with Gasteiger partial charge in [-0.1, -0.05) is 30.3 Å². The van der Waals surface area contributed by atoms with Crippen molar-refractivity contribution in [2.45, 2.75) is 49.3 Å². The Balaban J connectivity index is 1.23. The minimum absolute atomic E-state index is 0.00885. The van der Waals surface area contributed by atoms with E-state index in [2.05, 4.69) is 54.6 Å². The number of rotatable bonds is 8. The summed E-state index contributed by atoms with van der Waals surface area (Å²) in [6.45, 7) is 3.04. The van der Waals surface area contributed by atoms with E-state index in [9.17, 15) is 9.59 Å². The van der Waals surface area contributed by atoms with Gasteiger partial charge in [0.2, 0.25) is 0 Å². The van der Waals surface area contributed by atoms with E-state index in [4.69, 9.17) is 14.2 Å². The maximum atomic E-state index is 12.7. The Bertz CT molecular complexity index is 880. The molecule has 8 nitrogen and oxygen atoms in total. The molecule has 34 heavy (non-hydrogen) atoms. The van der Waals surface area contributed by atoms with Crippen LogP contribution in [0.25, 0.3) is 0 Å². The Labute approximate surface area is 201 Å². The minimum atomic E-state index is -0.340. The second-order valence-electron chi connectivity index (χ2n) is 11.0. The van der Waals surface area contributed by atoms with Gasteiger partial charge in [0.15, 0.2) is 0 Å². The zero-order chi connectivity index (χ0) is 23.8. The fraction of sp³-hybridized carbons (Fsp3) is 0.692. The SMILES string of the molecule is CN(C)C1OCC1CC1(c2ccccc2)CCC2(CC1)CN(CC(=O)OCC1COC1)C(=O)N2. The molecule has 0 radical (unpaired) electrons. The predicted octanol–water partition coefficient (Wildman–Crippen LogP) is 2.38. The largest absolute Gasteiger partial charge is 0.464 e. The molecule has 1 saturated carbocycles. The van der Waals surface area contributed by atoms with Crippen LogP contribution in [0.3, 0.4) is 0 Å². The van der Waals surface area contributed by atoms with E-state index < -0.39 is 0 Å². The van der Waals surface area contributed by atoms with Crippen molar-refractivity contribution in [1.82, 2.24) is 15.1 Å². The number of ether oxygens (including phenoxy) is 3. The molecule has 1 aliphatic carbocycles. The molecule has 2 atom stereocenters. The minimum Gasteiger partial charge on any atom is -0.464 e. The number of benzene rings is 1. The fourth-order valence-corrected chi connectivity index (χ4v) is 6.15. The molecular formula is C26H37N3O5. The van der Waals surface area contributed by atoms with Gasteiger partial charge in [0.1, 0.15) is 12.8 Å². The molecular weight excluding hydrogens is 434 g/mol. The molecule has 3 saturated heterocycles. The summed E-state index contributed by atoms with van der Waals surface area (Å²) in [7, 11) is 4.16. The molecule has 1 aromatic rings. The number of hydrogen-bond acceptors (Lipinski definition) is 6. The maximum Gasteiger partial charge on any atom is 0.325 e. The molecule has 186 valence electrons. The van der Waals surface area contributed by atoms with Crippen molar-refractivity contribution in [1.29, 1.82) is 0 Å². The summed E-state index contributed by atoms with van der Waals surface area (Å²) in [5.41, 5.74) is 1.20. The number of esters is 1. The third-order valence-corrected chi connectivity index (χ3v) is 8.26. The molecule has 3 heterocycles. The second kappa shape index (κ2) is 9.47. The van der Waals surface area contributed by atoms with Crippen molar-refractivity contribution < 1.29 is 23.8 Å². The van der Waals surface area contributed by atoms with Crippen LogP contribution < -0.4 is 5.32 Å². The van der Waals surface area contributed by atoms with Crippen LogP contribution in [-0.2, 0) is 24.4 Å². The highest BCUT2D eigenvalue weighted by molar-refractivity contribution is 5.83. The standard InChI is InChI=1S/C26H37N3O5/c1-28(2)23-20(17-34-23)12-25(21-6-4-3-5-7-21)8-10-26(11-9-25)18-29(24(31)27-26)13-22(30)33-16-19-14-32-15-19/h3-7,19-20,23H,8-18H2,1-2H3,(H,27,31). The lowest BCUT2D eigenvalue weighted by molar-refractivity contribution is -0.190. The van der Waals surface area contributed by atoms with Gasteiger partial charge in [-0.2, -0.15) is 0 Å². The van der Waals surface area contributed by atoms with Gasteiger partial charge in [0.05, 0.1) is 32.0 Å². The lowest BCUT2D eigenvalue weighted by Gasteiger charge is -2.50. The predicted molar refractivity (Wildman–Crippen MR) is 126 cm³/mol. The van der Waals surface area contributed by atoms with Crippen LogP contribution in [0, 0.1) is 11.8 Å². The smallest absolute Gasteiger partial charge is 0.325 e. The highest BCUT2D eigenvalue weighted by Crippen LogP contribution is 2.49. The first kappa shape index (κ1) is 23.6. The quantitative estimate of drug-likeness (QED) is 0.587. The van der Waals surface area contributed by atoms with E-state index in [1.807, 2.05) is 0 Å². The Morgan fingerprint density at radius 1 is 1.15 bits per heavy atom. The van der Waals surface area contributed by atoms with Crippen molar-refractivity contribution in [3.8, 4) is 0 Å². The zero-order valence-corrected chi connectivity index (χ0v) is 20.3. The lowest BCUT2D eigenvalue weighted by Crippen LogP contribution is -2.54. The van der Waals surface area contributed by atoms with E-state index in [-0.39, 0.29) is 35.7 Å². The van der Waals surface area contributed by atoms with Crippen molar-refractivity contribution in [2.24, 2.45) is 11.8 Å². The molecule has 0 aromatic heterocycles. The first-order valence-corrected chi connectivity index (χ1v) is 12.5. The van der Waals surface area contributed by atoms with E-state index >= 15 is 0 Å². The molecule has 4 aliphatic rings. The van der Waals surface area contributed by atoms with E-state index in [1.165, 1.54) is 5.56 Å². The lowest BCUT2D eigenvalue weighted by atomic mass is 9.60. The highest BCUT2D eigenvalue weighted by Gasteiger charge is 2.51. The van der Waals surface area contributed by atoms with Crippen LogP contribution in [0.1, 0.15) is 37.7 Å². The van der Waals surface area contributed by atoms with Gasteiger partial charge < -0.3 is 24.4 Å². The Morgan fingerprint density at radius 3 is 2.47 bits per heavy atom. The van der Waals surface area contributed by atoms with Crippen LogP contribution in [0.2, 0.25) is 0 Å². The molecule has 2 amide bonds. The van der Waals surface area contributed by atoms with Gasteiger partial charge in [0.25, 0.3) is 0 Å². The third-order valence-electron chi connectivity index (χ3n) is 8.26. The van der Waals surface area contributed by atoms with Gasteiger partial charge in [-0.25, -0.2) is 4.79 Å². The normalized spacial score (nSPS) is 33.5. The summed E-state index contributed by atoms with van der Waals surface area (Å²) in [5, 5.41) is 3.24. The number of carbonyl (C=O) groups is 2. The highest BCUT2D eigenvalue weighted by atomic mass is 16.5. The van der Waals surface area contributed by atoms with Crippen molar-refractivity contribution >= 4 is 12.0 Å². The van der Waals surface area contributed by atoms with Crippen LogP contribution in [0.15, 0.2) is 30.3 Å². The Kier molecular flexibility index (Phi) is 6.57. The molecule has 0 bridgehead atoms. The average molecular weight is 472 g/mol. The molecule has 1 spiro atoms. The van der Waals surface area contributed by atoms with Crippen LogP contribution in [-0.4, -0.2) is 87.2 Å². The second-order valence-corrected chi connectivity index (χ2v) is 11.0. The zero-order valence-electron chi connectivity index (χ0n) is 20.3. The summed E-state index contributed by atoms with van der Waals surface area (Å²) in [6.07, 6.45) is 5.08. The number of nitrogens with one attached hydrogen (secondary N) is 1. The summed E-state index contributed by atoms with van der Waals surface area (Å²) in [6, 6.07) is 10.7. The molecule has 8 heteroatoms. The summed E-state index contributed by atoms with van der Waals surface area (Å²) < 4.78 is 16.3. The molecule has 3 aliphatic heterocycles. The van der Waals surface area contributed by atoms with Gasteiger partial charge in [0, 0.05) is 18.4 Å². The summed E-state index contributed by atoms with van der Waals surface area (Å²) in [5.74, 6) is 0.461.